The van der Waals surface area contributed by atoms with Crippen molar-refractivity contribution >= 4 is 27.5 Å². The minimum absolute atomic E-state index is 1.11. The summed E-state index contributed by atoms with van der Waals surface area (Å²) in [6.07, 6.45) is 8.90. The molecule has 3 aromatic rings. The minimum atomic E-state index is 1.11. The van der Waals surface area contributed by atoms with E-state index in [1.807, 2.05) is 0 Å². The van der Waals surface area contributed by atoms with Gasteiger partial charge in [-0.1, -0.05) is 42.5 Å². The van der Waals surface area contributed by atoms with E-state index in [1.165, 1.54) is 33.1 Å². The Labute approximate surface area is 118 Å². The van der Waals surface area contributed by atoms with Gasteiger partial charge in [0.15, 0.2) is 0 Å². The van der Waals surface area contributed by atoms with Gasteiger partial charge >= 0.3 is 0 Å². The first-order valence-corrected chi connectivity index (χ1v) is 7.21. The van der Waals surface area contributed by atoms with E-state index in [0.717, 1.165) is 12.8 Å². The van der Waals surface area contributed by atoms with Crippen LogP contribution >= 0.6 is 0 Å². The zero-order valence-corrected chi connectivity index (χ0v) is 11.6. The van der Waals surface area contributed by atoms with Crippen LogP contribution in [0.5, 0.6) is 0 Å². The molecule has 98 valence electrons. The van der Waals surface area contributed by atoms with E-state index in [1.54, 1.807) is 0 Å². The van der Waals surface area contributed by atoms with E-state index in [2.05, 4.69) is 72.2 Å². The number of hydrogen-bond donors (Lipinski definition) is 0. The molecule has 0 aliphatic heterocycles. The van der Waals surface area contributed by atoms with Crippen LogP contribution in [-0.4, -0.2) is 4.57 Å². The minimum Gasteiger partial charge on any atom is -0.313 e. The fourth-order valence-electron chi connectivity index (χ4n) is 3.28. The summed E-state index contributed by atoms with van der Waals surface area (Å²) in [5.74, 6) is 0. The van der Waals surface area contributed by atoms with Gasteiger partial charge < -0.3 is 4.57 Å². The highest BCUT2D eigenvalue weighted by atomic mass is 15.0. The van der Waals surface area contributed by atoms with Crippen LogP contribution in [-0.2, 0) is 0 Å². The number of aromatic nitrogens is 1. The number of rotatable bonds is 1. The first kappa shape index (κ1) is 11.5. The van der Waals surface area contributed by atoms with E-state index in [0.29, 0.717) is 0 Å². The lowest BCUT2D eigenvalue weighted by Gasteiger charge is -2.13. The third kappa shape index (κ3) is 1.56. The van der Waals surface area contributed by atoms with E-state index in [4.69, 9.17) is 0 Å². The maximum Gasteiger partial charge on any atom is 0.0540 e. The molecule has 0 unspecified atom stereocenters. The van der Waals surface area contributed by atoms with Gasteiger partial charge in [-0.25, -0.2) is 0 Å². The number of allylic oxidation sites excluding steroid dienone is 4. The molecule has 1 nitrogen and oxygen atoms in total. The Balaban J connectivity index is 2.19. The third-order valence-corrected chi connectivity index (χ3v) is 4.19. The second-order valence-corrected chi connectivity index (χ2v) is 5.45. The van der Waals surface area contributed by atoms with Crippen molar-refractivity contribution in [2.75, 3.05) is 0 Å². The maximum absolute atomic E-state index is 2.43. The average Bonchev–Trinajstić information content (AvgIpc) is 2.84. The Morgan fingerprint density at radius 3 is 2.65 bits per heavy atom. The summed E-state index contributed by atoms with van der Waals surface area (Å²) in [6.45, 7) is 2.20. The Hall–Kier alpha value is -2.28. The van der Waals surface area contributed by atoms with Crippen LogP contribution in [0.15, 0.2) is 60.7 Å². The van der Waals surface area contributed by atoms with Crippen molar-refractivity contribution in [2.24, 2.45) is 0 Å². The molecular weight excluding hydrogens is 242 g/mol. The molecule has 0 bridgehead atoms. The molecular formula is C19H17N. The zero-order chi connectivity index (χ0) is 13.5. The highest BCUT2D eigenvalue weighted by Crippen LogP contribution is 2.35. The number of fused-ring (bicyclic) bond motifs is 3. The molecule has 0 atom stereocenters. The molecule has 1 aliphatic rings. The van der Waals surface area contributed by atoms with Crippen molar-refractivity contribution in [1.29, 1.82) is 0 Å². The molecule has 0 saturated heterocycles. The summed E-state index contributed by atoms with van der Waals surface area (Å²) in [4.78, 5) is 0. The fourth-order valence-corrected chi connectivity index (χ4v) is 3.28. The Bertz CT molecular complexity index is 862. The van der Waals surface area contributed by atoms with Crippen LogP contribution < -0.4 is 0 Å². The third-order valence-electron chi connectivity index (χ3n) is 4.19. The molecule has 1 heteroatoms. The van der Waals surface area contributed by atoms with Gasteiger partial charge in [-0.05, 0) is 43.5 Å². The van der Waals surface area contributed by atoms with Gasteiger partial charge in [0.1, 0.15) is 0 Å². The van der Waals surface area contributed by atoms with Crippen molar-refractivity contribution in [3.8, 4) is 0 Å². The van der Waals surface area contributed by atoms with Crippen LogP contribution in [0.2, 0.25) is 0 Å². The standard InChI is InChI=1S/C19H17N/c1-14-8-7-13-18-19(14)16-11-5-6-12-17(16)20(18)15-9-3-2-4-10-15/h2-3,5-9,11-13H,4,10H2,1H3. The summed E-state index contributed by atoms with van der Waals surface area (Å²) < 4.78 is 2.43. The summed E-state index contributed by atoms with van der Waals surface area (Å²) in [7, 11) is 0. The first-order valence-electron chi connectivity index (χ1n) is 7.21. The summed E-state index contributed by atoms with van der Waals surface area (Å²) in [5, 5.41) is 2.75. The molecule has 20 heavy (non-hydrogen) atoms. The van der Waals surface area contributed by atoms with Crippen molar-refractivity contribution in [1.82, 2.24) is 4.57 Å². The second-order valence-electron chi connectivity index (χ2n) is 5.45. The quantitative estimate of drug-likeness (QED) is 0.559. The average molecular weight is 259 g/mol. The highest BCUT2D eigenvalue weighted by Gasteiger charge is 2.14. The number of aryl methyl sites for hydroxylation is 1. The lowest BCUT2D eigenvalue weighted by atomic mass is 10.1. The lowest BCUT2D eigenvalue weighted by Crippen LogP contribution is -1.98. The van der Waals surface area contributed by atoms with Gasteiger partial charge in [0.2, 0.25) is 0 Å². The topological polar surface area (TPSA) is 4.93 Å². The van der Waals surface area contributed by atoms with Gasteiger partial charge in [0, 0.05) is 16.5 Å². The predicted octanol–water partition coefficient (Wildman–Crippen LogP) is 5.29. The molecule has 1 aliphatic carbocycles. The summed E-state index contributed by atoms with van der Waals surface area (Å²) >= 11 is 0. The van der Waals surface area contributed by atoms with Crippen molar-refractivity contribution in [3.63, 3.8) is 0 Å². The second kappa shape index (κ2) is 4.38. The van der Waals surface area contributed by atoms with Crippen molar-refractivity contribution < 1.29 is 0 Å². The smallest absolute Gasteiger partial charge is 0.0540 e. The normalized spacial score (nSPS) is 14.9. The Morgan fingerprint density at radius 2 is 1.80 bits per heavy atom. The zero-order valence-electron chi connectivity index (χ0n) is 11.6. The van der Waals surface area contributed by atoms with Crippen LogP contribution in [0.1, 0.15) is 18.4 Å². The number of benzene rings is 2. The molecule has 0 saturated carbocycles. The molecule has 1 heterocycles. The molecule has 2 aromatic carbocycles. The SMILES string of the molecule is Cc1cccc2c1c1ccccc1n2C1=CC=CCC1. The monoisotopic (exact) mass is 259 g/mol. The highest BCUT2D eigenvalue weighted by molar-refractivity contribution is 6.11. The molecule has 0 radical (unpaired) electrons. The molecule has 0 N–H and O–H groups in total. The molecule has 4 rings (SSSR count). The molecule has 1 aromatic heterocycles. The predicted molar refractivity (Wildman–Crippen MR) is 86.8 cm³/mol. The van der Waals surface area contributed by atoms with E-state index >= 15 is 0 Å². The van der Waals surface area contributed by atoms with Gasteiger partial charge in [-0.15, -0.1) is 0 Å². The van der Waals surface area contributed by atoms with Gasteiger partial charge in [0.25, 0.3) is 0 Å². The fraction of sp³-hybridized carbons (Fsp3) is 0.158. The summed E-state index contributed by atoms with van der Waals surface area (Å²) in [5.41, 5.74) is 5.39. The number of para-hydroxylation sites is 1. The Kier molecular flexibility index (Phi) is 2.53. The largest absolute Gasteiger partial charge is 0.313 e. The van der Waals surface area contributed by atoms with Crippen LogP contribution in [0.4, 0.5) is 0 Å². The number of nitrogens with zero attached hydrogens (tertiary/aromatic N) is 1. The maximum atomic E-state index is 2.43. The van der Waals surface area contributed by atoms with E-state index in [-0.39, 0.29) is 0 Å². The van der Waals surface area contributed by atoms with Crippen molar-refractivity contribution in [2.45, 2.75) is 19.8 Å². The lowest BCUT2D eigenvalue weighted by molar-refractivity contribution is 0.979. The molecule has 0 spiro atoms. The number of hydrogen-bond acceptors (Lipinski definition) is 0. The Morgan fingerprint density at radius 1 is 0.950 bits per heavy atom. The van der Waals surface area contributed by atoms with Crippen molar-refractivity contribution in [3.05, 3.63) is 66.3 Å². The van der Waals surface area contributed by atoms with Crippen LogP contribution in [0.3, 0.4) is 0 Å². The summed E-state index contributed by atoms with van der Waals surface area (Å²) in [6, 6.07) is 15.3. The first-order chi connectivity index (χ1) is 9.86. The van der Waals surface area contributed by atoms with E-state index in [9.17, 15) is 0 Å². The molecule has 0 fully saturated rings. The van der Waals surface area contributed by atoms with E-state index < -0.39 is 0 Å². The van der Waals surface area contributed by atoms with Gasteiger partial charge in [-0.3, -0.25) is 0 Å². The van der Waals surface area contributed by atoms with Crippen LogP contribution in [0, 0.1) is 6.92 Å². The molecule has 0 amide bonds. The van der Waals surface area contributed by atoms with Gasteiger partial charge in [-0.2, -0.15) is 0 Å². The van der Waals surface area contributed by atoms with Gasteiger partial charge in [0.05, 0.1) is 11.0 Å². The van der Waals surface area contributed by atoms with Crippen LogP contribution in [0.25, 0.3) is 27.5 Å².